The highest BCUT2D eigenvalue weighted by Crippen LogP contribution is 2.30. The van der Waals surface area contributed by atoms with Crippen LogP contribution in [-0.4, -0.2) is 52.0 Å². The highest BCUT2D eigenvalue weighted by Gasteiger charge is 2.46. The van der Waals surface area contributed by atoms with Gasteiger partial charge in [-0.15, -0.1) is 0 Å². The maximum atomic E-state index is 11.0. The number of carboxylic acid groups (broad SMARTS) is 1. The van der Waals surface area contributed by atoms with E-state index in [1.807, 2.05) is 0 Å². The van der Waals surface area contributed by atoms with Crippen LogP contribution in [0, 0.1) is 0 Å². The van der Waals surface area contributed by atoms with Crippen LogP contribution in [0.2, 0.25) is 0 Å². The quantitative estimate of drug-likeness (QED) is 0.550. The summed E-state index contributed by atoms with van der Waals surface area (Å²) in [5.41, 5.74) is 0. The van der Waals surface area contributed by atoms with Crippen LogP contribution in [0.4, 0.5) is 4.79 Å². The molecule has 2 saturated heterocycles. The molecule has 5 heteroatoms. The van der Waals surface area contributed by atoms with Gasteiger partial charge in [-0.05, 0) is 19.8 Å². The van der Waals surface area contributed by atoms with Crippen molar-refractivity contribution in [2.45, 2.75) is 44.0 Å². The van der Waals surface area contributed by atoms with Gasteiger partial charge in [-0.3, -0.25) is 4.90 Å². The summed E-state index contributed by atoms with van der Waals surface area (Å²) in [6, 6.07) is -0.0522. The number of aliphatic hydroxyl groups is 1. The van der Waals surface area contributed by atoms with Gasteiger partial charge in [-0.25, -0.2) is 4.79 Å². The van der Waals surface area contributed by atoms with Crippen molar-refractivity contribution in [3.05, 3.63) is 0 Å². The monoisotopic (exact) mass is 200 g/mol. The smallest absolute Gasteiger partial charge is 0.407 e. The minimum absolute atomic E-state index is 0.0498. The SMILES string of the molecule is CC(O)[C@H]1NC[C@@H]2CC[C@H]1N2C(=O)O. The van der Waals surface area contributed by atoms with Crippen molar-refractivity contribution in [1.82, 2.24) is 10.2 Å². The highest BCUT2D eigenvalue weighted by atomic mass is 16.4. The first-order valence-corrected chi connectivity index (χ1v) is 5.04. The Labute approximate surface area is 82.7 Å². The van der Waals surface area contributed by atoms with E-state index >= 15 is 0 Å². The molecule has 3 N–H and O–H groups in total. The van der Waals surface area contributed by atoms with Crippen molar-refractivity contribution in [3.63, 3.8) is 0 Å². The van der Waals surface area contributed by atoms with E-state index in [1.165, 1.54) is 4.90 Å². The number of amides is 1. The lowest BCUT2D eigenvalue weighted by molar-refractivity contribution is 0.0466. The Morgan fingerprint density at radius 3 is 2.86 bits per heavy atom. The van der Waals surface area contributed by atoms with Crippen LogP contribution in [0.3, 0.4) is 0 Å². The van der Waals surface area contributed by atoms with E-state index in [-0.39, 0.29) is 18.1 Å². The van der Waals surface area contributed by atoms with Gasteiger partial charge >= 0.3 is 6.09 Å². The second kappa shape index (κ2) is 3.40. The lowest BCUT2D eigenvalue weighted by Crippen LogP contribution is -2.62. The Kier molecular flexibility index (Phi) is 2.36. The van der Waals surface area contributed by atoms with Crippen LogP contribution in [-0.2, 0) is 0 Å². The standard InChI is InChI=1S/C9H16N2O3/c1-5(12)8-7-3-2-6(4-10-8)11(7)9(13)14/h5-8,10,12H,2-4H2,1H3,(H,13,14)/t5?,6-,7+,8+/m0/s1. The first-order chi connectivity index (χ1) is 6.61. The molecule has 1 amide bonds. The average molecular weight is 200 g/mol. The molecule has 0 aromatic heterocycles. The second-order valence-electron chi connectivity index (χ2n) is 4.16. The average Bonchev–Trinajstić information content (AvgIpc) is 2.40. The maximum Gasteiger partial charge on any atom is 0.407 e. The third-order valence-corrected chi connectivity index (χ3v) is 3.29. The minimum Gasteiger partial charge on any atom is -0.465 e. The van der Waals surface area contributed by atoms with E-state index in [1.54, 1.807) is 6.92 Å². The predicted octanol–water partition coefficient (Wildman–Crippen LogP) is -0.150. The molecule has 0 aromatic carbocycles. The van der Waals surface area contributed by atoms with E-state index in [0.29, 0.717) is 6.54 Å². The summed E-state index contributed by atoms with van der Waals surface area (Å²) in [6.45, 7) is 2.37. The third-order valence-electron chi connectivity index (χ3n) is 3.29. The molecule has 2 bridgehead atoms. The molecule has 2 rings (SSSR count). The van der Waals surface area contributed by atoms with Gasteiger partial charge < -0.3 is 15.5 Å². The van der Waals surface area contributed by atoms with Crippen molar-refractivity contribution in [1.29, 1.82) is 0 Å². The summed E-state index contributed by atoms with van der Waals surface area (Å²) in [5.74, 6) is 0. The number of piperazine rings is 1. The van der Waals surface area contributed by atoms with Gasteiger partial charge in [0.1, 0.15) is 0 Å². The van der Waals surface area contributed by atoms with E-state index in [9.17, 15) is 9.90 Å². The Balaban J connectivity index is 2.17. The Hall–Kier alpha value is -0.810. The maximum absolute atomic E-state index is 11.0. The largest absolute Gasteiger partial charge is 0.465 e. The number of carbonyl (C=O) groups is 1. The van der Waals surface area contributed by atoms with Gasteiger partial charge in [0.2, 0.25) is 0 Å². The molecular weight excluding hydrogens is 184 g/mol. The van der Waals surface area contributed by atoms with E-state index in [4.69, 9.17) is 5.11 Å². The Bertz CT molecular complexity index is 244. The molecule has 4 atom stereocenters. The van der Waals surface area contributed by atoms with Crippen LogP contribution in [0.15, 0.2) is 0 Å². The van der Waals surface area contributed by atoms with Crippen molar-refractivity contribution in [2.75, 3.05) is 6.54 Å². The number of rotatable bonds is 1. The first kappa shape index (κ1) is 9.73. The zero-order valence-electron chi connectivity index (χ0n) is 8.18. The van der Waals surface area contributed by atoms with Crippen LogP contribution >= 0.6 is 0 Å². The first-order valence-electron chi connectivity index (χ1n) is 5.04. The highest BCUT2D eigenvalue weighted by molar-refractivity contribution is 5.67. The summed E-state index contributed by atoms with van der Waals surface area (Å²) in [7, 11) is 0. The summed E-state index contributed by atoms with van der Waals surface area (Å²) < 4.78 is 0. The van der Waals surface area contributed by atoms with Gasteiger partial charge in [0.15, 0.2) is 0 Å². The molecule has 0 saturated carbocycles. The third kappa shape index (κ3) is 1.36. The summed E-state index contributed by atoms with van der Waals surface area (Å²) >= 11 is 0. The summed E-state index contributed by atoms with van der Waals surface area (Å²) in [6.07, 6.45) is 0.415. The molecular formula is C9H16N2O3. The molecule has 0 radical (unpaired) electrons. The van der Waals surface area contributed by atoms with Gasteiger partial charge in [-0.2, -0.15) is 0 Å². The van der Waals surface area contributed by atoms with Gasteiger partial charge in [0.25, 0.3) is 0 Å². The Morgan fingerprint density at radius 1 is 1.57 bits per heavy atom. The molecule has 0 spiro atoms. The molecule has 5 nitrogen and oxygen atoms in total. The molecule has 0 aliphatic carbocycles. The number of nitrogens with one attached hydrogen (secondary N) is 1. The van der Waals surface area contributed by atoms with E-state index in [0.717, 1.165) is 12.8 Å². The fourth-order valence-electron chi connectivity index (χ4n) is 2.66. The molecule has 2 aliphatic rings. The minimum atomic E-state index is -0.857. The van der Waals surface area contributed by atoms with Crippen molar-refractivity contribution in [3.8, 4) is 0 Å². The van der Waals surface area contributed by atoms with E-state index < -0.39 is 12.2 Å². The molecule has 14 heavy (non-hydrogen) atoms. The number of fused-ring (bicyclic) bond motifs is 2. The van der Waals surface area contributed by atoms with Gasteiger partial charge in [-0.1, -0.05) is 0 Å². The molecule has 2 fully saturated rings. The number of hydrogen-bond acceptors (Lipinski definition) is 3. The fourth-order valence-corrected chi connectivity index (χ4v) is 2.66. The number of nitrogens with zero attached hydrogens (tertiary/aromatic N) is 1. The topological polar surface area (TPSA) is 72.8 Å². The number of hydrogen-bond donors (Lipinski definition) is 3. The van der Waals surface area contributed by atoms with Crippen LogP contribution in [0.1, 0.15) is 19.8 Å². The Morgan fingerprint density at radius 2 is 2.29 bits per heavy atom. The molecule has 0 aromatic rings. The fraction of sp³-hybridized carbons (Fsp3) is 0.889. The molecule has 2 aliphatic heterocycles. The van der Waals surface area contributed by atoms with Crippen LogP contribution < -0.4 is 5.32 Å². The lowest BCUT2D eigenvalue weighted by atomic mass is 10.0. The number of aliphatic hydroxyl groups excluding tert-OH is 1. The predicted molar refractivity (Wildman–Crippen MR) is 50.1 cm³/mol. The zero-order valence-corrected chi connectivity index (χ0v) is 8.18. The van der Waals surface area contributed by atoms with Crippen LogP contribution in [0.5, 0.6) is 0 Å². The molecule has 2 heterocycles. The van der Waals surface area contributed by atoms with Crippen molar-refractivity contribution >= 4 is 6.09 Å². The van der Waals surface area contributed by atoms with E-state index in [2.05, 4.69) is 5.32 Å². The van der Waals surface area contributed by atoms with Crippen molar-refractivity contribution < 1.29 is 15.0 Å². The summed E-state index contributed by atoms with van der Waals surface area (Å²) in [5, 5.41) is 21.8. The lowest BCUT2D eigenvalue weighted by Gasteiger charge is -2.40. The summed E-state index contributed by atoms with van der Waals surface area (Å²) in [4.78, 5) is 12.5. The van der Waals surface area contributed by atoms with Gasteiger partial charge in [0, 0.05) is 12.6 Å². The van der Waals surface area contributed by atoms with Crippen LogP contribution in [0.25, 0.3) is 0 Å². The zero-order chi connectivity index (χ0) is 10.3. The molecule has 80 valence electrons. The second-order valence-corrected chi connectivity index (χ2v) is 4.16. The normalized spacial score (nSPS) is 38.4. The van der Waals surface area contributed by atoms with Gasteiger partial charge in [0.05, 0.1) is 18.2 Å². The van der Waals surface area contributed by atoms with Crippen molar-refractivity contribution in [2.24, 2.45) is 0 Å². The molecule has 1 unspecified atom stereocenters.